The van der Waals surface area contributed by atoms with Crippen LogP contribution in [0.2, 0.25) is 0 Å². The molecule has 2 heterocycles. The van der Waals surface area contributed by atoms with E-state index in [0.29, 0.717) is 12.5 Å². The van der Waals surface area contributed by atoms with Crippen molar-refractivity contribution in [1.29, 1.82) is 0 Å². The van der Waals surface area contributed by atoms with Gasteiger partial charge in [-0.3, -0.25) is 4.90 Å². The highest BCUT2D eigenvalue weighted by molar-refractivity contribution is 6.00. The molecule has 1 N–H and O–H groups in total. The molecule has 2 aliphatic heterocycles. The summed E-state index contributed by atoms with van der Waals surface area (Å²) >= 11 is 0. The Balaban J connectivity index is 1.35. The zero-order valence-corrected chi connectivity index (χ0v) is 19.9. The largest absolute Gasteiger partial charge is 0.508 e. The molecular formula is C30H31NO4. The number of rotatable bonds is 8. The van der Waals surface area contributed by atoms with Crippen LogP contribution in [0, 0.1) is 5.92 Å². The molecule has 6 rings (SSSR count). The normalized spacial score (nSPS) is 17.9. The topological polar surface area (TPSA) is 51.2 Å². The molecular weight excluding hydrogens is 438 g/mol. The fraction of sp³-hybridized carbons (Fsp3) is 0.333. The van der Waals surface area contributed by atoms with Crippen molar-refractivity contribution in [3.05, 3.63) is 83.4 Å². The van der Waals surface area contributed by atoms with Crippen LogP contribution < -0.4 is 14.2 Å². The number of fused-ring (bicyclic) bond motifs is 1. The van der Waals surface area contributed by atoms with E-state index in [9.17, 15) is 5.11 Å². The number of nitrogens with zero attached hydrogens (tertiary/aromatic N) is 1. The fourth-order valence-electron chi connectivity index (χ4n) is 5.14. The second kappa shape index (κ2) is 9.67. The minimum atomic E-state index is 0.269. The van der Waals surface area contributed by atoms with Gasteiger partial charge in [0, 0.05) is 6.54 Å². The Morgan fingerprint density at radius 3 is 2.20 bits per heavy atom. The molecule has 2 fully saturated rings. The number of likely N-dealkylation sites (tertiary alicyclic amines) is 1. The predicted molar refractivity (Wildman–Crippen MR) is 137 cm³/mol. The van der Waals surface area contributed by atoms with Gasteiger partial charge in [-0.2, -0.15) is 0 Å². The van der Waals surface area contributed by atoms with Gasteiger partial charge in [0.15, 0.2) is 11.5 Å². The van der Waals surface area contributed by atoms with Crippen LogP contribution in [0.4, 0.5) is 0 Å². The Kier molecular flexibility index (Phi) is 6.09. The van der Waals surface area contributed by atoms with Crippen molar-refractivity contribution >= 4 is 11.1 Å². The molecule has 0 bridgehead atoms. The first-order valence-electron chi connectivity index (χ1n) is 12.6. The highest BCUT2D eigenvalue weighted by atomic mass is 16.7. The summed E-state index contributed by atoms with van der Waals surface area (Å²) in [4.78, 5) is 2.47. The minimum Gasteiger partial charge on any atom is -0.508 e. The number of hydrogen-bond acceptors (Lipinski definition) is 5. The van der Waals surface area contributed by atoms with Crippen LogP contribution in [0.5, 0.6) is 23.0 Å². The number of phenols is 1. The predicted octanol–water partition coefficient (Wildman–Crippen LogP) is 5.96. The van der Waals surface area contributed by atoms with Gasteiger partial charge < -0.3 is 19.3 Å². The lowest BCUT2D eigenvalue weighted by Gasteiger charge is -2.18. The average molecular weight is 470 g/mol. The molecule has 5 nitrogen and oxygen atoms in total. The van der Waals surface area contributed by atoms with E-state index in [4.69, 9.17) is 14.2 Å². The Morgan fingerprint density at radius 2 is 1.49 bits per heavy atom. The molecule has 1 aliphatic carbocycles. The number of benzene rings is 3. The Hall–Kier alpha value is -3.44. The second-order valence-corrected chi connectivity index (χ2v) is 9.60. The third-order valence-corrected chi connectivity index (χ3v) is 7.11. The Morgan fingerprint density at radius 1 is 0.829 bits per heavy atom. The van der Waals surface area contributed by atoms with Gasteiger partial charge in [0.25, 0.3) is 0 Å². The first kappa shape index (κ1) is 22.1. The Labute approximate surface area is 206 Å². The summed E-state index contributed by atoms with van der Waals surface area (Å²) < 4.78 is 17.3. The highest BCUT2D eigenvalue weighted by Gasteiger charge is 2.31. The van der Waals surface area contributed by atoms with Crippen LogP contribution in [-0.4, -0.2) is 43.0 Å². The van der Waals surface area contributed by atoms with E-state index in [2.05, 4.69) is 41.3 Å². The van der Waals surface area contributed by atoms with Crippen molar-refractivity contribution in [1.82, 2.24) is 4.90 Å². The lowest BCUT2D eigenvalue weighted by atomic mass is 9.87. The number of ether oxygens (including phenoxy) is 3. The maximum Gasteiger partial charge on any atom is 0.231 e. The van der Waals surface area contributed by atoms with Crippen molar-refractivity contribution in [2.45, 2.75) is 25.7 Å². The third kappa shape index (κ3) is 4.87. The third-order valence-electron chi connectivity index (χ3n) is 7.11. The van der Waals surface area contributed by atoms with Crippen LogP contribution in [0.3, 0.4) is 0 Å². The summed E-state index contributed by atoms with van der Waals surface area (Å²) in [6, 6.07) is 22.2. The fourth-order valence-corrected chi connectivity index (χ4v) is 5.14. The molecule has 5 heteroatoms. The van der Waals surface area contributed by atoms with Gasteiger partial charge in [-0.1, -0.05) is 30.3 Å². The number of phenolic OH excluding ortho intramolecular Hbond substituents is 1. The van der Waals surface area contributed by atoms with Gasteiger partial charge >= 0.3 is 0 Å². The summed E-state index contributed by atoms with van der Waals surface area (Å²) in [6.07, 6.45) is 4.94. The first-order valence-corrected chi connectivity index (χ1v) is 12.6. The van der Waals surface area contributed by atoms with Crippen LogP contribution in [0.25, 0.3) is 11.1 Å². The lowest BCUT2D eigenvalue weighted by Crippen LogP contribution is -2.25. The quantitative estimate of drug-likeness (QED) is 0.412. The van der Waals surface area contributed by atoms with Crippen molar-refractivity contribution in [3.8, 4) is 23.0 Å². The molecule has 0 radical (unpaired) electrons. The molecule has 3 aromatic carbocycles. The molecule has 0 atom stereocenters. The van der Waals surface area contributed by atoms with E-state index in [1.807, 2.05) is 18.2 Å². The zero-order chi connectivity index (χ0) is 23.6. The number of allylic oxidation sites excluding steroid dienone is 1. The van der Waals surface area contributed by atoms with Gasteiger partial charge in [-0.05, 0) is 109 Å². The standard InChI is InChI=1S/C30H31NO4/c32-25-10-5-22(6-11-25)29(23-7-12-26(13-8-23)33-18-17-31-15-1-2-16-31)30(21-3-4-21)24-9-14-27-28(19-24)35-20-34-27/h5-14,19,21,32H,1-4,15-18,20H2. The molecule has 1 saturated heterocycles. The van der Waals surface area contributed by atoms with Gasteiger partial charge in [-0.15, -0.1) is 0 Å². The van der Waals surface area contributed by atoms with E-state index in [-0.39, 0.29) is 12.5 Å². The molecule has 180 valence electrons. The average Bonchev–Trinajstić information content (AvgIpc) is 3.36. The summed E-state index contributed by atoms with van der Waals surface area (Å²) in [7, 11) is 0. The maximum atomic E-state index is 9.92. The smallest absolute Gasteiger partial charge is 0.231 e. The van der Waals surface area contributed by atoms with Crippen molar-refractivity contribution < 1.29 is 19.3 Å². The van der Waals surface area contributed by atoms with E-state index >= 15 is 0 Å². The van der Waals surface area contributed by atoms with Gasteiger partial charge in [0.2, 0.25) is 6.79 Å². The van der Waals surface area contributed by atoms with Crippen LogP contribution in [0.1, 0.15) is 42.4 Å². The molecule has 3 aromatic rings. The van der Waals surface area contributed by atoms with E-state index in [1.54, 1.807) is 12.1 Å². The van der Waals surface area contributed by atoms with Crippen molar-refractivity contribution in [3.63, 3.8) is 0 Å². The number of aromatic hydroxyl groups is 1. The molecule has 0 spiro atoms. The summed E-state index contributed by atoms with van der Waals surface area (Å²) in [5.74, 6) is 3.26. The highest BCUT2D eigenvalue weighted by Crippen LogP contribution is 2.49. The van der Waals surface area contributed by atoms with Gasteiger partial charge in [0.1, 0.15) is 18.1 Å². The van der Waals surface area contributed by atoms with Crippen molar-refractivity contribution in [2.75, 3.05) is 33.0 Å². The van der Waals surface area contributed by atoms with E-state index in [0.717, 1.165) is 40.5 Å². The van der Waals surface area contributed by atoms with E-state index < -0.39 is 0 Å². The Bertz CT molecular complexity index is 1210. The first-order chi connectivity index (χ1) is 17.2. The number of hydrogen-bond donors (Lipinski definition) is 1. The monoisotopic (exact) mass is 469 g/mol. The minimum absolute atomic E-state index is 0.269. The van der Waals surface area contributed by atoms with Gasteiger partial charge in [0.05, 0.1) is 0 Å². The molecule has 0 aromatic heterocycles. The van der Waals surface area contributed by atoms with E-state index in [1.165, 1.54) is 49.9 Å². The summed E-state index contributed by atoms with van der Waals surface area (Å²) in [5.41, 5.74) is 5.89. The molecule has 0 unspecified atom stereocenters. The van der Waals surface area contributed by atoms with Crippen LogP contribution >= 0.6 is 0 Å². The summed E-state index contributed by atoms with van der Waals surface area (Å²) in [5, 5.41) is 9.92. The molecule has 1 saturated carbocycles. The van der Waals surface area contributed by atoms with Crippen molar-refractivity contribution in [2.24, 2.45) is 5.92 Å². The molecule has 3 aliphatic rings. The van der Waals surface area contributed by atoms with Crippen LogP contribution in [-0.2, 0) is 0 Å². The SMILES string of the molecule is Oc1ccc(C(=C(c2ccc3c(c2)OCO3)C2CC2)c2ccc(OCCN3CCCC3)cc2)cc1. The van der Waals surface area contributed by atoms with Gasteiger partial charge in [-0.25, -0.2) is 0 Å². The van der Waals surface area contributed by atoms with Crippen LogP contribution in [0.15, 0.2) is 66.7 Å². The lowest BCUT2D eigenvalue weighted by molar-refractivity contribution is 0.174. The molecule has 35 heavy (non-hydrogen) atoms. The second-order valence-electron chi connectivity index (χ2n) is 9.60. The zero-order valence-electron chi connectivity index (χ0n) is 19.9. The summed E-state index contributed by atoms with van der Waals surface area (Å²) in [6.45, 7) is 4.34. The maximum absolute atomic E-state index is 9.92. The molecule has 0 amide bonds.